The monoisotopic (exact) mass is 267 g/mol. The number of anilines is 1. The second-order valence-corrected chi connectivity index (χ2v) is 5.01. The number of carbonyl (C=O) groups is 1. The molecule has 0 aliphatic heterocycles. The van der Waals surface area contributed by atoms with Crippen LogP contribution in [0.15, 0.2) is 6.07 Å². The highest BCUT2D eigenvalue weighted by molar-refractivity contribution is 5.85. The number of aryl methyl sites for hydroxylation is 1. The first-order valence-electron chi connectivity index (χ1n) is 6.18. The summed E-state index contributed by atoms with van der Waals surface area (Å²) in [5, 5.41) is 9.90. The van der Waals surface area contributed by atoms with Gasteiger partial charge in [0.1, 0.15) is 5.82 Å². The number of likely N-dealkylation sites (N-methyl/N-ethyl adjacent to an activating group) is 1. The molecule has 1 N–H and O–H groups in total. The molecule has 1 aromatic heterocycles. The average Bonchev–Trinajstić information content (AvgIpc) is 2.33. The van der Waals surface area contributed by atoms with Crippen molar-refractivity contribution in [2.24, 2.45) is 0 Å². The fraction of sp³-hybridized carbons (Fsp3) is 0.615. The zero-order chi connectivity index (χ0) is 14.6. The van der Waals surface area contributed by atoms with Gasteiger partial charge in [0.2, 0.25) is 5.82 Å². The van der Waals surface area contributed by atoms with Crippen LogP contribution in [0, 0.1) is 6.92 Å². The molecule has 0 radical (unpaired) electrons. The third kappa shape index (κ3) is 4.48. The quantitative estimate of drug-likeness (QED) is 0.807. The van der Waals surface area contributed by atoms with Crippen LogP contribution in [0.4, 0.5) is 5.82 Å². The van der Waals surface area contributed by atoms with Crippen LogP contribution in [-0.2, 0) is 4.74 Å². The first-order valence-corrected chi connectivity index (χ1v) is 6.18. The van der Waals surface area contributed by atoms with E-state index in [2.05, 4.69) is 14.7 Å². The lowest BCUT2D eigenvalue weighted by atomic mass is 10.1. The third-order valence-electron chi connectivity index (χ3n) is 2.49. The van der Waals surface area contributed by atoms with E-state index in [1.807, 2.05) is 11.8 Å². The molecule has 0 aliphatic rings. The van der Waals surface area contributed by atoms with Crippen LogP contribution in [0.25, 0.3) is 0 Å². The number of aromatic nitrogens is 2. The fourth-order valence-electron chi connectivity index (χ4n) is 1.72. The van der Waals surface area contributed by atoms with E-state index in [0.717, 1.165) is 0 Å². The molecule has 1 rings (SSSR count). The standard InChI is InChI=1S/C13H21N3O3/c1-6-16(8-13(3,4)18)10-7-9(2)14-11(15-10)12(17)19-5/h7,18H,6,8H2,1-5H3. The lowest BCUT2D eigenvalue weighted by Crippen LogP contribution is -2.39. The predicted molar refractivity (Wildman–Crippen MR) is 72.3 cm³/mol. The fourth-order valence-corrected chi connectivity index (χ4v) is 1.72. The van der Waals surface area contributed by atoms with E-state index in [9.17, 15) is 9.90 Å². The van der Waals surface area contributed by atoms with Gasteiger partial charge in [-0.3, -0.25) is 0 Å². The second kappa shape index (κ2) is 5.97. The molecule has 19 heavy (non-hydrogen) atoms. The predicted octanol–water partition coefficient (Wildman–Crippen LogP) is 1.17. The summed E-state index contributed by atoms with van der Waals surface area (Å²) in [5.74, 6) is 0.0773. The molecule has 0 saturated heterocycles. The minimum absolute atomic E-state index is 0.0340. The van der Waals surface area contributed by atoms with Gasteiger partial charge in [-0.2, -0.15) is 0 Å². The molecule has 0 saturated carbocycles. The van der Waals surface area contributed by atoms with Crippen molar-refractivity contribution in [2.45, 2.75) is 33.3 Å². The van der Waals surface area contributed by atoms with Gasteiger partial charge in [0.15, 0.2) is 0 Å². The largest absolute Gasteiger partial charge is 0.463 e. The number of hydrogen-bond acceptors (Lipinski definition) is 6. The van der Waals surface area contributed by atoms with Crippen molar-refractivity contribution < 1.29 is 14.6 Å². The van der Waals surface area contributed by atoms with E-state index in [-0.39, 0.29) is 5.82 Å². The summed E-state index contributed by atoms with van der Waals surface area (Å²) in [4.78, 5) is 21.6. The maximum atomic E-state index is 11.5. The maximum Gasteiger partial charge on any atom is 0.376 e. The Bertz CT molecular complexity index is 455. The second-order valence-electron chi connectivity index (χ2n) is 5.01. The van der Waals surface area contributed by atoms with Crippen molar-refractivity contribution in [3.8, 4) is 0 Å². The van der Waals surface area contributed by atoms with Crippen molar-refractivity contribution >= 4 is 11.8 Å². The number of hydrogen-bond donors (Lipinski definition) is 1. The molecular formula is C13H21N3O3. The molecule has 1 heterocycles. The van der Waals surface area contributed by atoms with Crippen LogP contribution >= 0.6 is 0 Å². The highest BCUT2D eigenvalue weighted by Gasteiger charge is 2.20. The van der Waals surface area contributed by atoms with Crippen molar-refractivity contribution in [1.29, 1.82) is 0 Å². The van der Waals surface area contributed by atoms with Crippen LogP contribution in [-0.4, -0.2) is 46.8 Å². The van der Waals surface area contributed by atoms with Crippen molar-refractivity contribution in [3.05, 3.63) is 17.6 Å². The van der Waals surface area contributed by atoms with Crippen LogP contribution in [0.3, 0.4) is 0 Å². The molecule has 0 bridgehead atoms. The Balaban J connectivity index is 3.10. The van der Waals surface area contributed by atoms with Crippen LogP contribution in [0.2, 0.25) is 0 Å². The lowest BCUT2D eigenvalue weighted by Gasteiger charge is -2.29. The zero-order valence-electron chi connectivity index (χ0n) is 12.1. The SMILES string of the molecule is CCN(CC(C)(C)O)c1cc(C)nc(C(=O)OC)n1. The van der Waals surface area contributed by atoms with E-state index in [0.29, 0.717) is 24.6 Å². The minimum atomic E-state index is -0.847. The Morgan fingerprint density at radius 3 is 2.58 bits per heavy atom. The van der Waals surface area contributed by atoms with Crippen LogP contribution in [0.1, 0.15) is 37.1 Å². The maximum absolute atomic E-state index is 11.5. The molecule has 0 unspecified atom stereocenters. The summed E-state index contributed by atoms with van der Waals surface area (Å²) in [6.45, 7) is 8.29. The average molecular weight is 267 g/mol. The molecule has 0 aliphatic carbocycles. The number of ether oxygens (including phenoxy) is 1. The molecular weight excluding hydrogens is 246 g/mol. The summed E-state index contributed by atoms with van der Waals surface area (Å²) in [5.41, 5.74) is -0.167. The van der Waals surface area contributed by atoms with Crippen molar-refractivity contribution in [2.75, 3.05) is 25.1 Å². The molecule has 0 fully saturated rings. The van der Waals surface area contributed by atoms with E-state index in [4.69, 9.17) is 0 Å². The summed E-state index contributed by atoms with van der Waals surface area (Å²) < 4.78 is 4.63. The van der Waals surface area contributed by atoms with Gasteiger partial charge in [-0.05, 0) is 27.7 Å². The Morgan fingerprint density at radius 1 is 1.47 bits per heavy atom. The van der Waals surface area contributed by atoms with Crippen LogP contribution < -0.4 is 4.90 Å². The van der Waals surface area contributed by atoms with Gasteiger partial charge in [0.05, 0.1) is 12.7 Å². The number of carbonyl (C=O) groups excluding carboxylic acids is 1. The van der Waals surface area contributed by atoms with E-state index < -0.39 is 11.6 Å². The molecule has 1 aromatic rings. The van der Waals surface area contributed by atoms with Gasteiger partial charge in [-0.15, -0.1) is 0 Å². The Morgan fingerprint density at radius 2 is 2.11 bits per heavy atom. The summed E-state index contributed by atoms with van der Waals surface area (Å²) in [6.07, 6.45) is 0. The van der Waals surface area contributed by atoms with E-state index in [1.54, 1.807) is 26.8 Å². The third-order valence-corrected chi connectivity index (χ3v) is 2.49. The number of aliphatic hydroxyl groups is 1. The van der Waals surface area contributed by atoms with E-state index in [1.165, 1.54) is 7.11 Å². The lowest BCUT2D eigenvalue weighted by molar-refractivity contribution is 0.0586. The Kier molecular flexibility index (Phi) is 4.83. The highest BCUT2D eigenvalue weighted by Crippen LogP contribution is 2.16. The summed E-state index contributed by atoms with van der Waals surface area (Å²) in [6, 6.07) is 1.78. The number of esters is 1. The normalized spacial score (nSPS) is 11.3. The molecule has 6 nitrogen and oxygen atoms in total. The van der Waals surface area contributed by atoms with Crippen LogP contribution in [0.5, 0.6) is 0 Å². The zero-order valence-corrected chi connectivity index (χ0v) is 12.1. The molecule has 106 valence electrons. The Labute approximate surface area is 113 Å². The number of rotatable bonds is 5. The van der Waals surface area contributed by atoms with Gasteiger partial charge < -0.3 is 14.7 Å². The van der Waals surface area contributed by atoms with Gasteiger partial charge in [0.25, 0.3) is 0 Å². The van der Waals surface area contributed by atoms with Crippen molar-refractivity contribution in [3.63, 3.8) is 0 Å². The smallest absolute Gasteiger partial charge is 0.376 e. The van der Waals surface area contributed by atoms with E-state index >= 15 is 0 Å². The first kappa shape index (κ1) is 15.4. The van der Waals surface area contributed by atoms with Gasteiger partial charge in [0, 0.05) is 24.8 Å². The topological polar surface area (TPSA) is 75.5 Å². The van der Waals surface area contributed by atoms with Gasteiger partial charge >= 0.3 is 5.97 Å². The highest BCUT2D eigenvalue weighted by atomic mass is 16.5. The number of methoxy groups -OCH3 is 1. The first-order chi connectivity index (χ1) is 8.76. The van der Waals surface area contributed by atoms with Crippen molar-refractivity contribution in [1.82, 2.24) is 9.97 Å². The molecule has 0 spiro atoms. The summed E-state index contributed by atoms with van der Waals surface area (Å²) in [7, 11) is 1.29. The summed E-state index contributed by atoms with van der Waals surface area (Å²) >= 11 is 0. The molecule has 6 heteroatoms. The van der Waals surface area contributed by atoms with Gasteiger partial charge in [-0.25, -0.2) is 14.8 Å². The van der Waals surface area contributed by atoms with Gasteiger partial charge in [-0.1, -0.05) is 0 Å². The molecule has 0 amide bonds. The molecule has 0 aromatic carbocycles. The molecule has 0 atom stereocenters. The Hall–Kier alpha value is -1.69. The number of nitrogens with zero attached hydrogens (tertiary/aromatic N) is 3. The minimum Gasteiger partial charge on any atom is -0.463 e.